The van der Waals surface area contributed by atoms with Gasteiger partial charge in [0.1, 0.15) is 4.75 Å². The van der Waals surface area contributed by atoms with E-state index >= 15 is 0 Å². The van der Waals surface area contributed by atoms with Gasteiger partial charge in [0.15, 0.2) is 9.84 Å². The molecule has 0 bridgehead atoms. The van der Waals surface area contributed by atoms with Crippen LogP contribution in [0.5, 0.6) is 0 Å². The molecule has 5 nitrogen and oxygen atoms in total. The Morgan fingerprint density at radius 3 is 2.38 bits per heavy atom. The van der Waals surface area contributed by atoms with Gasteiger partial charge >= 0.3 is 0 Å². The molecule has 0 aromatic carbocycles. The Kier molecular flexibility index (Phi) is 5.45. The van der Waals surface area contributed by atoms with Crippen LogP contribution >= 0.6 is 0 Å². The van der Waals surface area contributed by atoms with Gasteiger partial charge in [-0.3, -0.25) is 4.79 Å². The lowest BCUT2D eigenvalue weighted by molar-refractivity contribution is -0.122. The molecule has 1 amide bonds. The summed E-state index contributed by atoms with van der Waals surface area (Å²) in [4.78, 5) is 11.6. The molecule has 0 heterocycles. The Hall–Kier alpha value is -1.09. The number of carbonyl (C=O) groups is 1. The first-order valence-corrected chi connectivity index (χ1v) is 6.97. The van der Waals surface area contributed by atoms with Crippen LogP contribution in [-0.2, 0) is 14.6 Å². The second-order valence-electron chi connectivity index (χ2n) is 4.15. The Balaban J connectivity index is 4.14. The summed E-state index contributed by atoms with van der Waals surface area (Å²) in [7, 11) is -3.41. The minimum absolute atomic E-state index is 0.402. The standard InChI is InChI=1S/C10H18N2O3S/c1-10(2,16(3,14)15)9(13)12-8-6-4-5-7-11/h4-6,8H2,1-3H3,(H,12,13). The van der Waals surface area contributed by atoms with Crippen molar-refractivity contribution in [2.45, 2.75) is 37.9 Å². The molecule has 16 heavy (non-hydrogen) atoms. The van der Waals surface area contributed by atoms with E-state index < -0.39 is 20.5 Å². The minimum Gasteiger partial charge on any atom is -0.355 e. The van der Waals surface area contributed by atoms with Crippen LogP contribution in [0.15, 0.2) is 0 Å². The van der Waals surface area contributed by atoms with Gasteiger partial charge < -0.3 is 5.32 Å². The van der Waals surface area contributed by atoms with E-state index in [0.717, 1.165) is 6.26 Å². The van der Waals surface area contributed by atoms with Crippen molar-refractivity contribution < 1.29 is 13.2 Å². The number of unbranched alkanes of at least 4 members (excludes halogenated alkanes) is 2. The van der Waals surface area contributed by atoms with Crippen molar-refractivity contribution in [3.63, 3.8) is 0 Å². The number of nitriles is 1. The van der Waals surface area contributed by atoms with Gasteiger partial charge in [-0.05, 0) is 26.7 Å². The fourth-order valence-corrected chi connectivity index (χ4v) is 1.32. The molecule has 1 N–H and O–H groups in total. The number of sulfone groups is 1. The molecule has 0 fully saturated rings. The van der Waals surface area contributed by atoms with Crippen LogP contribution in [0.1, 0.15) is 33.1 Å². The Labute approximate surface area is 96.8 Å². The third kappa shape index (κ3) is 4.19. The second kappa shape index (κ2) is 5.85. The number of amides is 1. The number of hydrogen-bond acceptors (Lipinski definition) is 4. The summed E-state index contributed by atoms with van der Waals surface area (Å²) in [5.41, 5.74) is 0. The lowest BCUT2D eigenvalue weighted by atomic mass is 10.2. The summed E-state index contributed by atoms with van der Waals surface area (Å²) >= 11 is 0. The van der Waals surface area contributed by atoms with E-state index in [2.05, 4.69) is 5.32 Å². The topological polar surface area (TPSA) is 87.0 Å². The van der Waals surface area contributed by atoms with Crippen molar-refractivity contribution in [1.82, 2.24) is 5.32 Å². The summed E-state index contributed by atoms with van der Waals surface area (Å²) in [6.07, 6.45) is 2.88. The highest BCUT2D eigenvalue weighted by Crippen LogP contribution is 2.14. The summed E-state index contributed by atoms with van der Waals surface area (Å²) in [6.45, 7) is 3.17. The smallest absolute Gasteiger partial charge is 0.240 e. The third-order valence-electron chi connectivity index (χ3n) is 2.47. The van der Waals surface area contributed by atoms with Crippen LogP contribution < -0.4 is 5.32 Å². The molecular formula is C10H18N2O3S. The number of rotatable bonds is 6. The molecule has 6 heteroatoms. The number of nitrogens with one attached hydrogen (secondary N) is 1. The van der Waals surface area contributed by atoms with Crippen LogP contribution in [0, 0.1) is 11.3 Å². The zero-order chi connectivity index (χ0) is 12.8. The fraction of sp³-hybridized carbons (Fsp3) is 0.800. The van der Waals surface area contributed by atoms with Gasteiger partial charge in [-0.2, -0.15) is 5.26 Å². The summed E-state index contributed by atoms with van der Waals surface area (Å²) in [5, 5.41) is 10.9. The zero-order valence-electron chi connectivity index (χ0n) is 9.91. The molecule has 0 saturated carbocycles. The molecule has 0 aliphatic rings. The van der Waals surface area contributed by atoms with Gasteiger partial charge in [-0.15, -0.1) is 0 Å². The van der Waals surface area contributed by atoms with E-state index in [1.807, 2.05) is 6.07 Å². The monoisotopic (exact) mass is 246 g/mol. The Morgan fingerprint density at radius 2 is 1.94 bits per heavy atom. The van der Waals surface area contributed by atoms with Gasteiger partial charge in [-0.1, -0.05) is 0 Å². The van der Waals surface area contributed by atoms with Crippen LogP contribution in [0.4, 0.5) is 0 Å². The lowest BCUT2D eigenvalue weighted by Crippen LogP contribution is -2.47. The quantitative estimate of drug-likeness (QED) is 0.696. The van der Waals surface area contributed by atoms with E-state index in [1.54, 1.807) is 0 Å². The predicted molar refractivity (Wildman–Crippen MR) is 61.4 cm³/mol. The van der Waals surface area contributed by atoms with Crippen molar-refractivity contribution in [2.75, 3.05) is 12.8 Å². The highest BCUT2D eigenvalue weighted by Gasteiger charge is 2.37. The highest BCUT2D eigenvalue weighted by molar-refractivity contribution is 7.92. The third-order valence-corrected chi connectivity index (χ3v) is 4.51. The largest absolute Gasteiger partial charge is 0.355 e. The Morgan fingerprint density at radius 1 is 1.38 bits per heavy atom. The second-order valence-corrected chi connectivity index (χ2v) is 6.72. The van der Waals surface area contributed by atoms with Crippen LogP contribution in [0.25, 0.3) is 0 Å². The van der Waals surface area contributed by atoms with Crippen LogP contribution in [0.3, 0.4) is 0 Å². The van der Waals surface area contributed by atoms with E-state index in [-0.39, 0.29) is 0 Å². The fourth-order valence-electron chi connectivity index (χ4n) is 0.912. The van der Waals surface area contributed by atoms with Gasteiger partial charge in [0.2, 0.25) is 5.91 Å². The van der Waals surface area contributed by atoms with E-state index in [1.165, 1.54) is 13.8 Å². The van der Waals surface area contributed by atoms with Gasteiger partial charge in [0.25, 0.3) is 0 Å². The molecular weight excluding hydrogens is 228 g/mol. The van der Waals surface area contributed by atoms with Crippen LogP contribution in [0.2, 0.25) is 0 Å². The van der Waals surface area contributed by atoms with E-state index in [9.17, 15) is 13.2 Å². The summed E-state index contributed by atoms with van der Waals surface area (Å²) in [5.74, 6) is -0.494. The number of nitrogens with zero attached hydrogens (tertiary/aromatic N) is 1. The average Bonchev–Trinajstić information content (AvgIpc) is 2.15. The maximum Gasteiger partial charge on any atom is 0.240 e. The predicted octanol–water partition coefficient (Wildman–Crippen LogP) is 0.620. The maximum absolute atomic E-state index is 11.6. The molecule has 0 atom stereocenters. The molecule has 0 saturated heterocycles. The molecule has 0 unspecified atom stereocenters. The van der Waals surface area contributed by atoms with Crippen molar-refractivity contribution >= 4 is 15.7 Å². The van der Waals surface area contributed by atoms with Crippen LogP contribution in [-0.4, -0.2) is 31.9 Å². The van der Waals surface area contributed by atoms with Crippen molar-refractivity contribution in [2.24, 2.45) is 0 Å². The minimum atomic E-state index is -3.41. The number of carbonyl (C=O) groups excluding carboxylic acids is 1. The lowest BCUT2D eigenvalue weighted by Gasteiger charge is -2.21. The summed E-state index contributed by atoms with van der Waals surface area (Å²) < 4.78 is 21.3. The van der Waals surface area contributed by atoms with Gasteiger partial charge in [0, 0.05) is 19.2 Å². The van der Waals surface area contributed by atoms with Crippen molar-refractivity contribution in [1.29, 1.82) is 5.26 Å². The molecule has 0 aliphatic heterocycles. The SMILES string of the molecule is CC(C)(C(=O)NCCCCC#N)S(C)(=O)=O. The Bertz CT molecular complexity index is 379. The number of hydrogen-bond donors (Lipinski definition) is 1. The van der Waals surface area contributed by atoms with Gasteiger partial charge in [-0.25, -0.2) is 8.42 Å². The maximum atomic E-state index is 11.6. The molecule has 92 valence electrons. The van der Waals surface area contributed by atoms with E-state index in [4.69, 9.17) is 5.26 Å². The first-order chi connectivity index (χ1) is 7.23. The zero-order valence-corrected chi connectivity index (χ0v) is 10.7. The first kappa shape index (κ1) is 14.9. The summed E-state index contributed by atoms with van der Waals surface area (Å²) in [6, 6.07) is 2.00. The molecule has 0 rings (SSSR count). The molecule has 0 spiro atoms. The molecule has 0 aromatic heterocycles. The first-order valence-electron chi connectivity index (χ1n) is 5.08. The molecule has 0 aromatic rings. The normalized spacial score (nSPS) is 11.9. The average molecular weight is 246 g/mol. The molecule has 0 aliphatic carbocycles. The van der Waals surface area contributed by atoms with Crippen molar-refractivity contribution in [3.8, 4) is 6.07 Å². The molecule has 0 radical (unpaired) electrons. The highest BCUT2D eigenvalue weighted by atomic mass is 32.2. The van der Waals surface area contributed by atoms with Gasteiger partial charge in [0.05, 0.1) is 6.07 Å². The van der Waals surface area contributed by atoms with Crippen molar-refractivity contribution in [3.05, 3.63) is 0 Å². The van der Waals surface area contributed by atoms with E-state index in [0.29, 0.717) is 25.8 Å².